The second-order valence-electron chi connectivity index (χ2n) is 7.56. The highest BCUT2D eigenvalue weighted by Crippen LogP contribution is 2.29. The van der Waals surface area contributed by atoms with Crippen molar-refractivity contribution in [2.24, 2.45) is 0 Å². The molecule has 2 aromatic heterocycles. The lowest BCUT2D eigenvalue weighted by Crippen LogP contribution is -2.41. The Balaban J connectivity index is 1.57. The number of morpholine rings is 1. The number of hydrogen-bond acceptors (Lipinski definition) is 7. The molecule has 1 aliphatic rings. The van der Waals surface area contributed by atoms with Crippen LogP contribution in [0.25, 0.3) is 21.9 Å². The molecule has 3 heterocycles. The predicted octanol–water partition coefficient (Wildman–Crippen LogP) is 2.15. The van der Waals surface area contributed by atoms with Crippen molar-refractivity contribution in [3.63, 3.8) is 0 Å². The number of imidazole rings is 1. The first-order valence-corrected chi connectivity index (χ1v) is 12.3. The smallest absolute Gasteiger partial charge is 0.214 e. The number of para-hydroxylation sites is 1. The van der Waals surface area contributed by atoms with E-state index in [-0.39, 0.29) is 5.75 Å². The summed E-state index contributed by atoms with van der Waals surface area (Å²) in [6.45, 7) is 5.31. The quantitative estimate of drug-likeness (QED) is 0.500. The van der Waals surface area contributed by atoms with Crippen LogP contribution in [0.2, 0.25) is 0 Å². The van der Waals surface area contributed by atoms with Gasteiger partial charge in [0, 0.05) is 31.6 Å². The van der Waals surface area contributed by atoms with Gasteiger partial charge in [0.05, 0.1) is 30.0 Å². The molecule has 0 unspecified atom stereocenters. The molecule has 168 valence electrons. The van der Waals surface area contributed by atoms with Crippen molar-refractivity contribution in [3.05, 3.63) is 30.1 Å². The number of nitrogen functional groups attached to an aromatic ring is 1. The zero-order valence-corrected chi connectivity index (χ0v) is 18.6. The second-order valence-corrected chi connectivity index (χ2v) is 9.65. The van der Waals surface area contributed by atoms with Crippen molar-refractivity contribution in [2.75, 3.05) is 44.4 Å². The molecular formula is C21H29N5O4S. The van der Waals surface area contributed by atoms with E-state index in [1.807, 2.05) is 31.2 Å². The van der Waals surface area contributed by atoms with E-state index in [0.29, 0.717) is 70.2 Å². The standard InChI is InChI=1S/C21H29N5O4S/c1-2-29-15-18-24-19-20(16-7-3-4-8-17(16)23-21(19)22)26(18)9-5-6-14-31(27,28)25-10-12-30-13-11-25/h3-4,7-8H,2,5-6,9-15H2,1H3,(H2,22,23). The van der Waals surface area contributed by atoms with Gasteiger partial charge < -0.3 is 19.8 Å². The number of aryl methyl sites for hydroxylation is 1. The fraction of sp³-hybridized carbons (Fsp3) is 0.524. The molecule has 4 rings (SSSR count). The Bertz CT molecular complexity index is 1160. The van der Waals surface area contributed by atoms with Crippen LogP contribution in [0, 0.1) is 0 Å². The third-order valence-corrected chi connectivity index (χ3v) is 7.48. The van der Waals surface area contributed by atoms with E-state index in [1.54, 1.807) is 0 Å². The fourth-order valence-electron chi connectivity index (χ4n) is 3.96. The first-order chi connectivity index (χ1) is 15.0. The van der Waals surface area contributed by atoms with Crippen LogP contribution in [0.5, 0.6) is 0 Å². The van der Waals surface area contributed by atoms with Gasteiger partial charge in [0.25, 0.3) is 0 Å². The third kappa shape index (κ3) is 4.67. The van der Waals surface area contributed by atoms with Crippen LogP contribution in [0.1, 0.15) is 25.6 Å². The molecule has 0 amide bonds. The van der Waals surface area contributed by atoms with Crippen molar-refractivity contribution in [2.45, 2.75) is 32.9 Å². The van der Waals surface area contributed by atoms with E-state index in [4.69, 9.17) is 20.2 Å². The number of benzene rings is 1. The van der Waals surface area contributed by atoms with Gasteiger partial charge in [-0.05, 0) is 25.8 Å². The predicted molar refractivity (Wildman–Crippen MR) is 120 cm³/mol. The summed E-state index contributed by atoms with van der Waals surface area (Å²) in [5.74, 6) is 1.29. The minimum absolute atomic E-state index is 0.130. The van der Waals surface area contributed by atoms with Crippen molar-refractivity contribution in [1.29, 1.82) is 0 Å². The molecule has 3 aromatic rings. The summed E-state index contributed by atoms with van der Waals surface area (Å²) in [5, 5.41) is 0.975. The van der Waals surface area contributed by atoms with Gasteiger partial charge in [-0.1, -0.05) is 18.2 Å². The average molecular weight is 448 g/mol. The summed E-state index contributed by atoms with van der Waals surface area (Å²) in [6, 6.07) is 7.84. The Morgan fingerprint density at radius 1 is 1.16 bits per heavy atom. The van der Waals surface area contributed by atoms with Crippen LogP contribution in [0.3, 0.4) is 0 Å². The average Bonchev–Trinajstić information content (AvgIpc) is 3.15. The van der Waals surface area contributed by atoms with E-state index in [0.717, 1.165) is 22.2 Å². The number of rotatable bonds is 9. The number of aromatic nitrogens is 3. The van der Waals surface area contributed by atoms with E-state index in [9.17, 15) is 8.42 Å². The number of hydrogen-bond donors (Lipinski definition) is 1. The lowest BCUT2D eigenvalue weighted by molar-refractivity contribution is 0.0730. The highest BCUT2D eigenvalue weighted by molar-refractivity contribution is 7.89. The molecule has 1 fully saturated rings. The molecule has 9 nitrogen and oxygen atoms in total. The van der Waals surface area contributed by atoms with E-state index < -0.39 is 10.0 Å². The topological polar surface area (TPSA) is 113 Å². The molecule has 0 atom stereocenters. The van der Waals surface area contributed by atoms with E-state index in [2.05, 4.69) is 9.55 Å². The number of pyridine rings is 1. The number of ether oxygens (including phenoxy) is 2. The van der Waals surface area contributed by atoms with Gasteiger partial charge in [-0.15, -0.1) is 0 Å². The molecule has 0 radical (unpaired) electrons. The zero-order valence-electron chi connectivity index (χ0n) is 17.8. The number of fused-ring (bicyclic) bond motifs is 3. The van der Waals surface area contributed by atoms with Crippen LogP contribution >= 0.6 is 0 Å². The van der Waals surface area contributed by atoms with Crippen LogP contribution in [-0.2, 0) is 32.6 Å². The van der Waals surface area contributed by atoms with Crippen LogP contribution in [-0.4, -0.2) is 65.9 Å². The monoisotopic (exact) mass is 447 g/mol. The summed E-state index contributed by atoms with van der Waals surface area (Å²) in [6.07, 6.45) is 1.26. The maximum atomic E-state index is 12.6. The Hall–Kier alpha value is -2.27. The molecule has 1 aliphatic heterocycles. The molecule has 2 N–H and O–H groups in total. The Kier molecular flexibility index (Phi) is 6.71. The molecule has 1 saturated heterocycles. The van der Waals surface area contributed by atoms with Gasteiger partial charge in [0.1, 0.15) is 17.9 Å². The Morgan fingerprint density at radius 3 is 2.71 bits per heavy atom. The summed E-state index contributed by atoms with van der Waals surface area (Å²) in [4.78, 5) is 9.20. The molecule has 31 heavy (non-hydrogen) atoms. The minimum atomic E-state index is -3.26. The van der Waals surface area contributed by atoms with Crippen molar-refractivity contribution >= 4 is 37.8 Å². The fourth-order valence-corrected chi connectivity index (χ4v) is 5.49. The van der Waals surface area contributed by atoms with Crippen molar-refractivity contribution in [1.82, 2.24) is 18.8 Å². The zero-order chi connectivity index (χ0) is 21.8. The molecular weight excluding hydrogens is 418 g/mol. The second kappa shape index (κ2) is 9.47. The van der Waals surface area contributed by atoms with Crippen LogP contribution in [0.15, 0.2) is 24.3 Å². The normalized spacial score (nSPS) is 15.8. The van der Waals surface area contributed by atoms with Gasteiger partial charge in [0.2, 0.25) is 10.0 Å². The molecule has 10 heteroatoms. The van der Waals surface area contributed by atoms with Gasteiger partial charge in [0.15, 0.2) is 5.82 Å². The summed E-state index contributed by atoms with van der Waals surface area (Å²) >= 11 is 0. The minimum Gasteiger partial charge on any atom is -0.382 e. The summed E-state index contributed by atoms with van der Waals surface area (Å²) in [7, 11) is -3.26. The molecule has 0 bridgehead atoms. The summed E-state index contributed by atoms with van der Waals surface area (Å²) in [5.41, 5.74) is 8.60. The number of unbranched alkanes of at least 4 members (excludes halogenated alkanes) is 1. The summed E-state index contributed by atoms with van der Waals surface area (Å²) < 4.78 is 39.7. The van der Waals surface area contributed by atoms with Gasteiger partial charge in [-0.2, -0.15) is 4.31 Å². The van der Waals surface area contributed by atoms with Crippen LogP contribution < -0.4 is 5.73 Å². The number of sulfonamides is 1. The first-order valence-electron chi connectivity index (χ1n) is 10.7. The SMILES string of the molecule is CCOCc1nc2c(N)nc3ccccc3c2n1CCCCS(=O)(=O)N1CCOCC1. The molecule has 0 spiro atoms. The maximum absolute atomic E-state index is 12.6. The third-order valence-electron chi connectivity index (χ3n) is 5.52. The number of anilines is 1. The van der Waals surface area contributed by atoms with Crippen molar-refractivity contribution in [3.8, 4) is 0 Å². The van der Waals surface area contributed by atoms with Gasteiger partial charge >= 0.3 is 0 Å². The lowest BCUT2D eigenvalue weighted by atomic mass is 10.2. The van der Waals surface area contributed by atoms with E-state index in [1.165, 1.54) is 4.31 Å². The highest BCUT2D eigenvalue weighted by Gasteiger charge is 2.24. The lowest BCUT2D eigenvalue weighted by Gasteiger charge is -2.26. The Morgan fingerprint density at radius 2 is 1.94 bits per heavy atom. The molecule has 0 saturated carbocycles. The molecule has 0 aliphatic carbocycles. The number of nitrogens with zero attached hydrogens (tertiary/aromatic N) is 4. The number of nitrogens with two attached hydrogens (primary N) is 1. The molecule has 1 aromatic carbocycles. The van der Waals surface area contributed by atoms with E-state index >= 15 is 0 Å². The maximum Gasteiger partial charge on any atom is 0.214 e. The van der Waals surface area contributed by atoms with Gasteiger partial charge in [-0.25, -0.2) is 18.4 Å². The van der Waals surface area contributed by atoms with Crippen molar-refractivity contribution < 1.29 is 17.9 Å². The van der Waals surface area contributed by atoms with Gasteiger partial charge in [-0.3, -0.25) is 0 Å². The first kappa shape index (κ1) is 21.9. The highest BCUT2D eigenvalue weighted by atomic mass is 32.2. The Labute approximate surface area is 182 Å². The van der Waals surface area contributed by atoms with Crippen LogP contribution in [0.4, 0.5) is 5.82 Å². The largest absolute Gasteiger partial charge is 0.382 e.